The van der Waals surface area contributed by atoms with Gasteiger partial charge in [-0.3, -0.25) is 0 Å². The van der Waals surface area contributed by atoms with Crippen LogP contribution in [-0.4, -0.2) is 0 Å². The predicted octanol–water partition coefficient (Wildman–Crippen LogP) is 8.25. The number of hydrogen-bond donors (Lipinski definition) is 1. The summed E-state index contributed by atoms with van der Waals surface area (Å²) in [6.07, 6.45) is 0. The van der Waals surface area contributed by atoms with E-state index in [0.717, 1.165) is 27.0 Å². The Labute approximate surface area is 186 Å². The van der Waals surface area contributed by atoms with E-state index in [2.05, 4.69) is 21.2 Å². The summed E-state index contributed by atoms with van der Waals surface area (Å²) in [5.41, 5.74) is 2.64. The van der Waals surface area contributed by atoms with Gasteiger partial charge in [0.1, 0.15) is 12.4 Å². The third-order valence-corrected chi connectivity index (χ3v) is 5.45. The summed E-state index contributed by atoms with van der Waals surface area (Å²) in [5.74, 6) is 0.752. The SMILES string of the molecule is Clc1ccc(COc2ccc(Br)cc2CNc2ccc(Cl)cc2Cl)c(Cl)c1. The third kappa shape index (κ3) is 5.69. The van der Waals surface area contributed by atoms with Gasteiger partial charge in [-0.15, -0.1) is 0 Å². The van der Waals surface area contributed by atoms with Crippen LogP contribution in [0.3, 0.4) is 0 Å². The monoisotopic (exact) mass is 503 g/mol. The number of ether oxygens (including phenoxy) is 1. The highest BCUT2D eigenvalue weighted by molar-refractivity contribution is 9.10. The standard InChI is InChI=1S/C20H14BrCl4NO/c21-14-2-6-20(27-11-12-1-3-15(22)8-17(12)24)13(7-14)10-26-19-5-4-16(23)9-18(19)25/h1-9,26H,10-11H2. The van der Waals surface area contributed by atoms with E-state index in [9.17, 15) is 0 Å². The van der Waals surface area contributed by atoms with E-state index in [4.69, 9.17) is 51.1 Å². The van der Waals surface area contributed by atoms with E-state index in [1.165, 1.54) is 0 Å². The van der Waals surface area contributed by atoms with Gasteiger partial charge in [0.15, 0.2) is 0 Å². The molecule has 0 unspecified atom stereocenters. The van der Waals surface area contributed by atoms with Crippen molar-refractivity contribution in [1.82, 2.24) is 0 Å². The van der Waals surface area contributed by atoms with Gasteiger partial charge in [-0.05, 0) is 48.5 Å². The smallest absolute Gasteiger partial charge is 0.124 e. The summed E-state index contributed by atoms with van der Waals surface area (Å²) in [6.45, 7) is 0.872. The van der Waals surface area contributed by atoms with Gasteiger partial charge in [-0.1, -0.05) is 68.4 Å². The second kappa shape index (κ2) is 9.40. The summed E-state index contributed by atoms with van der Waals surface area (Å²) >= 11 is 27.8. The van der Waals surface area contributed by atoms with Crippen molar-refractivity contribution in [3.63, 3.8) is 0 Å². The Kier molecular flexibility index (Phi) is 7.18. The van der Waals surface area contributed by atoms with Crippen LogP contribution in [0.4, 0.5) is 5.69 Å². The number of halogens is 5. The number of benzene rings is 3. The highest BCUT2D eigenvalue weighted by Gasteiger charge is 2.09. The third-order valence-electron chi connectivity index (χ3n) is 3.82. The van der Waals surface area contributed by atoms with Crippen molar-refractivity contribution in [2.24, 2.45) is 0 Å². The lowest BCUT2D eigenvalue weighted by Gasteiger charge is -2.15. The van der Waals surface area contributed by atoms with Crippen molar-refractivity contribution in [3.05, 3.63) is 90.3 Å². The Morgan fingerprint density at radius 1 is 0.778 bits per heavy atom. The first-order valence-corrected chi connectivity index (χ1v) is 10.3. The first-order valence-electron chi connectivity index (χ1n) is 7.96. The fourth-order valence-corrected chi connectivity index (χ4v) is 3.79. The zero-order valence-corrected chi connectivity index (χ0v) is 18.5. The van der Waals surface area contributed by atoms with E-state index >= 15 is 0 Å². The van der Waals surface area contributed by atoms with Gasteiger partial charge in [0, 0.05) is 37.2 Å². The highest BCUT2D eigenvalue weighted by Crippen LogP contribution is 2.29. The Morgan fingerprint density at radius 3 is 2.19 bits per heavy atom. The van der Waals surface area contributed by atoms with Crippen LogP contribution >= 0.6 is 62.3 Å². The van der Waals surface area contributed by atoms with Crippen LogP contribution in [0.5, 0.6) is 5.75 Å². The van der Waals surface area contributed by atoms with Crippen LogP contribution < -0.4 is 10.1 Å². The van der Waals surface area contributed by atoms with Gasteiger partial charge >= 0.3 is 0 Å². The molecule has 0 spiro atoms. The predicted molar refractivity (Wildman–Crippen MR) is 119 cm³/mol. The number of hydrogen-bond acceptors (Lipinski definition) is 2. The summed E-state index contributed by atoms with van der Waals surface area (Å²) in [6, 6.07) is 16.5. The molecule has 0 aromatic heterocycles. The molecule has 0 bridgehead atoms. The molecular formula is C20H14BrCl4NO. The molecule has 3 aromatic carbocycles. The second-order valence-corrected chi connectivity index (χ2v) is 8.36. The fourth-order valence-electron chi connectivity index (χ4n) is 2.44. The minimum absolute atomic E-state index is 0.340. The topological polar surface area (TPSA) is 21.3 Å². The second-order valence-electron chi connectivity index (χ2n) is 5.75. The van der Waals surface area contributed by atoms with Crippen molar-refractivity contribution in [3.8, 4) is 5.75 Å². The van der Waals surface area contributed by atoms with E-state index in [1.807, 2.05) is 30.3 Å². The minimum atomic E-state index is 0.340. The van der Waals surface area contributed by atoms with Crippen molar-refractivity contribution in [2.75, 3.05) is 5.32 Å². The zero-order chi connectivity index (χ0) is 19.4. The number of nitrogens with one attached hydrogen (secondary N) is 1. The van der Waals surface area contributed by atoms with Gasteiger partial charge in [-0.2, -0.15) is 0 Å². The molecule has 0 aliphatic rings. The molecule has 0 amide bonds. The van der Waals surface area contributed by atoms with E-state index in [1.54, 1.807) is 24.3 Å². The number of anilines is 1. The lowest BCUT2D eigenvalue weighted by atomic mass is 10.2. The Balaban J connectivity index is 1.74. The summed E-state index contributed by atoms with van der Waals surface area (Å²) < 4.78 is 6.95. The zero-order valence-electron chi connectivity index (χ0n) is 13.9. The quantitative estimate of drug-likeness (QED) is 0.364. The van der Waals surface area contributed by atoms with E-state index < -0.39 is 0 Å². The summed E-state index contributed by atoms with van der Waals surface area (Å²) in [5, 5.41) is 5.63. The van der Waals surface area contributed by atoms with Crippen LogP contribution in [0.15, 0.2) is 59.1 Å². The number of rotatable bonds is 6. The maximum atomic E-state index is 6.23. The molecule has 0 fully saturated rings. The van der Waals surface area contributed by atoms with Crippen LogP contribution in [0.2, 0.25) is 20.1 Å². The highest BCUT2D eigenvalue weighted by atomic mass is 79.9. The molecule has 27 heavy (non-hydrogen) atoms. The first kappa shape index (κ1) is 20.6. The molecular weight excluding hydrogens is 492 g/mol. The molecule has 3 rings (SSSR count). The largest absolute Gasteiger partial charge is 0.488 e. The molecule has 140 valence electrons. The average molecular weight is 506 g/mol. The Morgan fingerprint density at radius 2 is 1.48 bits per heavy atom. The van der Waals surface area contributed by atoms with Crippen molar-refractivity contribution < 1.29 is 4.74 Å². The molecule has 0 aliphatic heterocycles. The van der Waals surface area contributed by atoms with Gasteiger partial charge in [-0.25, -0.2) is 0 Å². The fraction of sp³-hybridized carbons (Fsp3) is 0.100. The Bertz CT molecular complexity index is 965. The average Bonchev–Trinajstić information content (AvgIpc) is 2.61. The first-order chi connectivity index (χ1) is 12.9. The normalized spacial score (nSPS) is 10.7. The molecule has 0 radical (unpaired) electrons. The van der Waals surface area contributed by atoms with Crippen LogP contribution in [0.1, 0.15) is 11.1 Å². The van der Waals surface area contributed by atoms with Crippen molar-refractivity contribution >= 4 is 68.0 Å². The lowest BCUT2D eigenvalue weighted by molar-refractivity contribution is 0.303. The lowest BCUT2D eigenvalue weighted by Crippen LogP contribution is -2.04. The van der Waals surface area contributed by atoms with Crippen molar-refractivity contribution in [2.45, 2.75) is 13.2 Å². The van der Waals surface area contributed by atoms with E-state index in [-0.39, 0.29) is 0 Å². The van der Waals surface area contributed by atoms with Crippen molar-refractivity contribution in [1.29, 1.82) is 0 Å². The molecule has 1 N–H and O–H groups in total. The molecule has 7 heteroatoms. The van der Waals surface area contributed by atoms with E-state index in [0.29, 0.717) is 33.2 Å². The van der Waals surface area contributed by atoms with Gasteiger partial charge in [0.05, 0.1) is 10.7 Å². The molecule has 0 heterocycles. The minimum Gasteiger partial charge on any atom is -0.488 e. The van der Waals surface area contributed by atoms with Crippen LogP contribution in [0, 0.1) is 0 Å². The summed E-state index contributed by atoms with van der Waals surface area (Å²) in [4.78, 5) is 0. The van der Waals surface area contributed by atoms with Gasteiger partial charge in [0.25, 0.3) is 0 Å². The van der Waals surface area contributed by atoms with Crippen LogP contribution in [0.25, 0.3) is 0 Å². The van der Waals surface area contributed by atoms with Gasteiger partial charge in [0.2, 0.25) is 0 Å². The molecule has 2 nitrogen and oxygen atoms in total. The molecule has 0 saturated carbocycles. The molecule has 0 aliphatic carbocycles. The summed E-state index contributed by atoms with van der Waals surface area (Å²) in [7, 11) is 0. The maximum Gasteiger partial charge on any atom is 0.124 e. The van der Waals surface area contributed by atoms with Crippen LogP contribution in [-0.2, 0) is 13.2 Å². The molecule has 0 atom stereocenters. The molecule has 3 aromatic rings. The molecule has 0 saturated heterocycles. The Hall–Kier alpha value is -1.10. The van der Waals surface area contributed by atoms with Gasteiger partial charge < -0.3 is 10.1 Å². The maximum absolute atomic E-state index is 6.23.